The highest BCUT2D eigenvalue weighted by Crippen LogP contribution is 2.18. The van der Waals surface area contributed by atoms with E-state index in [1.54, 1.807) is 54.6 Å². The molecule has 0 saturated carbocycles. The number of anilines is 2. The number of nitrogens with one attached hydrogen (secondary N) is 2. The van der Waals surface area contributed by atoms with Gasteiger partial charge in [-0.2, -0.15) is 0 Å². The Balaban J connectivity index is 1.61. The second-order valence-corrected chi connectivity index (χ2v) is 6.69. The number of hydrogen-bond donors (Lipinski definition) is 2. The van der Waals surface area contributed by atoms with Gasteiger partial charge in [0.25, 0.3) is 11.8 Å². The van der Waals surface area contributed by atoms with Crippen LogP contribution in [-0.2, 0) is 0 Å². The maximum atomic E-state index is 13.2. The molecule has 5 nitrogen and oxygen atoms in total. The van der Waals surface area contributed by atoms with Gasteiger partial charge in [0, 0.05) is 22.5 Å². The summed E-state index contributed by atoms with van der Waals surface area (Å²) in [5, 5.41) is 5.41. The zero-order valence-corrected chi connectivity index (χ0v) is 16.1. The minimum Gasteiger partial charge on any atom is -0.491 e. The Bertz CT molecular complexity index is 999. The van der Waals surface area contributed by atoms with Crippen molar-refractivity contribution in [3.8, 4) is 5.75 Å². The van der Waals surface area contributed by atoms with E-state index in [0.717, 1.165) is 5.75 Å². The molecular weight excluding hydrogens is 371 g/mol. The van der Waals surface area contributed by atoms with Gasteiger partial charge in [0.2, 0.25) is 0 Å². The molecule has 148 valence electrons. The van der Waals surface area contributed by atoms with Gasteiger partial charge in [-0.15, -0.1) is 0 Å². The highest BCUT2D eigenvalue weighted by Gasteiger charge is 2.10. The molecule has 0 saturated heterocycles. The molecule has 3 aromatic carbocycles. The van der Waals surface area contributed by atoms with Gasteiger partial charge in [-0.3, -0.25) is 9.59 Å². The first-order valence-corrected chi connectivity index (χ1v) is 9.16. The Hall–Kier alpha value is -3.67. The van der Waals surface area contributed by atoms with Crippen LogP contribution >= 0.6 is 0 Å². The third kappa shape index (κ3) is 5.65. The fourth-order valence-corrected chi connectivity index (χ4v) is 2.63. The van der Waals surface area contributed by atoms with Crippen molar-refractivity contribution in [2.24, 2.45) is 0 Å². The molecular formula is C23H21FN2O3. The second kappa shape index (κ2) is 9.01. The zero-order chi connectivity index (χ0) is 20.8. The normalized spacial score (nSPS) is 10.5. The summed E-state index contributed by atoms with van der Waals surface area (Å²) in [6.45, 7) is 3.88. The molecule has 2 amide bonds. The molecule has 0 fully saturated rings. The topological polar surface area (TPSA) is 67.4 Å². The van der Waals surface area contributed by atoms with Gasteiger partial charge < -0.3 is 15.4 Å². The summed E-state index contributed by atoms with van der Waals surface area (Å²) in [5.74, 6) is -0.381. The molecule has 0 atom stereocenters. The van der Waals surface area contributed by atoms with Gasteiger partial charge in [0.15, 0.2) is 0 Å². The van der Waals surface area contributed by atoms with E-state index in [2.05, 4.69) is 10.6 Å². The molecule has 3 aromatic rings. The number of ether oxygens (including phenoxy) is 1. The molecule has 3 rings (SSSR count). The number of rotatable bonds is 6. The largest absolute Gasteiger partial charge is 0.491 e. The molecule has 0 radical (unpaired) electrons. The predicted molar refractivity (Wildman–Crippen MR) is 111 cm³/mol. The fraction of sp³-hybridized carbons (Fsp3) is 0.130. The molecule has 0 aliphatic carbocycles. The second-order valence-electron chi connectivity index (χ2n) is 6.69. The van der Waals surface area contributed by atoms with Crippen molar-refractivity contribution < 1.29 is 18.7 Å². The van der Waals surface area contributed by atoms with Crippen molar-refractivity contribution in [1.29, 1.82) is 0 Å². The van der Waals surface area contributed by atoms with E-state index in [1.165, 1.54) is 18.2 Å². The maximum absolute atomic E-state index is 13.2. The third-order valence-electron chi connectivity index (χ3n) is 3.98. The average Bonchev–Trinajstić information content (AvgIpc) is 2.69. The Labute approximate surface area is 168 Å². The Morgan fingerprint density at radius 3 is 1.86 bits per heavy atom. The number of halogens is 1. The lowest BCUT2D eigenvalue weighted by molar-refractivity contribution is 0.101. The highest BCUT2D eigenvalue weighted by atomic mass is 19.1. The number of carbonyl (C=O) groups is 2. The van der Waals surface area contributed by atoms with Crippen LogP contribution in [0.2, 0.25) is 0 Å². The van der Waals surface area contributed by atoms with Crippen LogP contribution < -0.4 is 15.4 Å². The van der Waals surface area contributed by atoms with Gasteiger partial charge in [-0.05, 0) is 80.6 Å². The molecule has 2 N–H and O–H groups in total. The summed E-state index contributed by atoms with van der Waals surface area (Å²) < 4.78 is 18.8. The lowest BCUT2D eigenvalue weighted by atomic mass is 10.1. The van der Waals surface area contributed by atoms with Crippen molar-refractivity contribution in [1.82, 2.24) is 0 Å². The minimum atomic E-state index is -0.432. The first kappa shape index (κ1) is 20.1. The van der Waals surface area contributed by atoms with E-state index in [0.29, 0.717) is 22.5 Å². The van der Waals surface area contributed by atoms with Crippen molar-refractivity contribution >= 4 is 23.2 Å². The first-order valence-electron chi connectivity index (χ1n) is 9.16. The summed E-state index contributed by atoms with van der Waals surface area (Å²) in [4.78, 5) is 24.7. The molecule has 29 heavy (non-hydrogen) atoms. The fourth-order valence-electron chi connectivity index (χ4n) is 2.63. The minimum absolute atomic E-state index is 0.0760. The van der Waals surface area contributed by atoms with Crippen LogP contribution in [0.5, 0.6) is 5.75 Å². The Morgan fingerprint density at radius 1 is 0.793 bits per heavy atom. The van der Waals surface area contributed by atoms with E-state index in [-0.39, 0.29) is 17.9 Å². The standard InChI is InChI=1S/C23H21FN2O3/c1-15(2)29-21-12-10-19(11-13-21)25-22(27)16-6-8-17(9-7-16)23(28)26-20-5-3-4-18(24)14-20/h3-15H,1-2H3,(H,25,27)(H,26,28). The molecule has 6 heteroatoms. The van der Waals surface area contributed by atoms with Crippen LogP contribution in [0.15, 0.2) is 72.8 Å². The first-order chi connectivity index (χ1) is 13.9. The average molecular weight is 392 g/mol. The Kier molecular flexibility index (Phi) is 6.24. The van der Waals surface area contributed by atoms with E-state index >= 15 is 0 Å². The van der Waals surface area contributed by atoms with Crippen LogP contribution in [0.3, 0.4) is 0 Å². The van der Waals surface area contributed by atoms with Gasteiger partial charge in [-0.1, -0.05) is 6.07 Å². The van der Waals surface area contributed by atoms with E-state index in [1.807, 2.05) is 13.8 Å². The molecule has 0 aliphatic heterocycles. The van der Waals surface area contributed by atoms with E-state index in [4.69, 9.17) is 4.74 Å². The molecule has 0 heterocycles. The smallest absolute Gasteiger partial charge is 0.255 e. The molecule has 0 aromatic heterocycles. The van der Waals surface area contributed by atoms with Crippen LogP contribution in [0, 0.1) is 5.82 Å². The number of benzene rings is 3. The van der Waals surface area contributed by atoms with Crippen molar-refractivity contribution in [2.45, 2.75) is 20.0 Å². The number of hydrogen-bond acceptors (Lipinski definition) is 3. The third-order valence-corrected chi connectivity index (χ3v) is 3.98. The zero-order valence-electron chi connectivity index (χ0n) is 16.1. The summed E-state index contributed by atoms with van der Waals surface area (Å²) in [6, 6.07) is 19.0. The van der Waals surface area contributed by atoms with Crippen LogP contribution in [-0.4, -0.2) is 17.9 Å². The van der Waals surface area contributed by atoms with Crippen molar-refractivity contribution in [3.63, 3.8) is 0 Å². The number of carbonyl (C=O) groups excluding carboxylic acids is 2. The van der Waals surface area contributed by atoms with Crippen LogP contribution in [0.1, 0.15) is 34.6 Å². The lowest BCUT2D eigenvalue weighted by Gasteiger charge is -2.11. The van der Waals surface area contributed by atoms with Crippen molar-refractivity contribution in [2.75, 3.05) is 10.6 Å². The van der Waals surface area contributed by atoms with Gasteiger partial charge in [-0.25, -0.2) is 4.39 Å². The highest BCUT2D eigenvalue weighted by molar-refractivity contribution is 6.07. The van der Waals surface area contributed by atoms with Gasteiger partial charge in [0.1, 0.15) is 11.6 Å². The molecule has 0 aliphatic rings. The molecule has 0 bridgehead atoms. The lowest BCUT2D eigenvalue weighted by Crippen LogP contribution is -2.14. The number of amides is 2. The van der Waals surface area contributed by atoms with Crippen LogP contribution in [0.25, 0.3) is 0 Å². The van der Waals surface area contributed by atoms with E-state index < -0.39 is 5.82 Å². The monoisotopic (exact) mass is 392 g/mol. The molecule has 0 unspecified atom stereocenters. The molecule has 0 spiro atoms. The van der Waals surface area contributed by atoms with Crippen LogP contribution in [0.4, 0.5) is 15.8 Å². The summed E-state index contributed by atoms with van der Waals surface area (Å²) in [6.07, 6.45) is 0.0760. The predicted octanol–water partition coefficient (Wildman–Crippen LogP) is 5.12. The van der Waals surface area contributed by atoms with Gasteiger partial charge >= 0.3 is 0 Å². The maximum Gasteiger partial charge on any atom is 0.255 e. The summed E-state index contributed by atoms with van der Waals surface area (Å²) >= 11 is 0. The van der Waals surface area contributed by atoms with Gasteiger partial charge in [0.05, 0.1) is 6.10 Å². The quantitative estimate of drug-likeness (QED) is 0.612. The van der Waals surface area contributed by atoms with Crippen molar-refractivity contribution in [3.05, 3.63) is 89.7 Å². The summed E-state index contributed by atoms with van der Waals surface area (Å²) in [5.41, 5.74) is 1.77. The SMILES string of the molecule is CC(C)Oc1ccc(NC(=O)c2ccc(C(=O)Nc3cccc(F)c3)cc2)cc1. The Morgan fingerprint density at radius 2 is 1.34 bits per heavy atom. The summed E-state index contributed by atoms with van der Waals surface area (Å²) in [7, 11) is 0. The van der Waals surface area contributed by atoms with E-state index in [9.17, 15) is 14.0 Å².